The molecule has 0 aliphatic carbocycles. The maximum atomic E-state index is 11.8. The van der Waals surface area contributed by atoms with Crippen molar-refractivity contribution in [2.75, 3.05) is 0 Å². The van der Waals surface area contributed by atoms with Crippen LogP contribution in [0.4, 0.5) is 0 Å². The highest BCUT2D eigenvalue weighted by atomic mass is 127. The normalized spacial score (nSPS) is 13.5. The molecule has 1 unspecified atom stereocenters. The summed E-state index contributed by atoms with van der Waals surface area (Å²) >= 11 is 1.87. The first-order valence-electron chi connectivity index (χ1n) is 6.24. The minimum atomic E-state index is -1.24. The maximum absolute atomic E-state index is 11.8. The van der Waals surface area contributed by atoms with Gasteiger partial charge in [-0.2, -0.15) is 0 Å². The molecule has 0 saturated carbocycles. The minimum absolute atomic E-state index is 0.0790. The molecular formula is C16H15IO3. The van der Waals surface area contributed by atoms with Crippen molar-refractivity contribution < 1.29 is 14.6 Å². The third-order valence-electron chi connectivity index (χ3n) is 2.84. The minimum Gasteiger partial charge on any atom is -0.461 e. The van der Waals surface area contributed by atoms with Crippen LogP contribution in [-0.4, -0.2) is 11.1 Å². The Labute approximate surface area is 131 Å². The van der Waals surface area contributed by atoms with Gasteiger partial charge >= 0.3 is 5.97 Å². The van der Waals surface area contributed by atoms with E-state index in [2.05, 4.69) is 0 Å². The van der Waals surface area contributed by atoms with Crippen LogP contribution in [0.5, 0.6) is 0 Å². The van der Waals surface area contributed by atoms with E-state index in [0.717, 1.165) is 5.56 Å². The van der Waals surface area contributed by atoms with Crippen molar-refractivity contribution in [3.05, 3.63) is 71.8 Å². The Morgan fingerprint density at radius 2 is 1.60 bits per heavy atom. The Kier molecular flexibility index (Phi) is 5.14. The number of esters is 1. The van der Waals surface area contributed by atoms with E-state index >= 15 is 0 Å². The van der Waals surface area contributed by atoms with Crippen LogP contribution in [0.2, 0.25) is 0 Å². The average molecular weight is 382 g/mol. The largest absolute Gasteiger partial charge is 0.461 e. The van der Waals surface area contributed by atoms with E-state index < -0.39 is 9.58 Å². The molecule has 2 rings (SSSR count). The lowest BCUT2D eigenvalue weighted by molar-refractivity contribution is -0.147. The predicted molar refractivity (Wildman–Crippen MR) is 85.2 cm³/mol. The van der Waals surface area contributed by atoms with Crippen molar-refractivity contribution in [3.8, 4) is 0 Å². The summed E-state index contributed by atoms with van der Waals surface area (Å²) in [5, 5.41) is 10.3. The number of carbonyl (C=O) groups is 1. The van der Waals surface area contributed by atoms with E-state index in [1.54, 1.807) is 12.1 Å². The zero-order chi connectivity index (χ0) is 14.4. The summed E-state index contributed by atoms with van der Waals surface area (Å²) in [6.45, 7) is 0.223. The second-order valence-corrected chi connectivity index (χ2v) is 6.23. The van der Waals surface area contributed by atoms with Crippen molar-refractivity contribution in [3.63, 3.8) is 0 Å². The summed E-state index contributed by atoms with van der Waals surface area (Å²) in [5.41, 5.74) is 1.62. The summed E-state index contributed by atoms with van der Waals surface area (Å²) in [5.74, 6) is -0.422. The summed E-state index contributed by atoms with van der Waals surface area (Å²) in [6.07, 6.45) is -0.0790. The molecule has 20 heavy (non-hydrogen) atoms. The zero-order valence-corrected chi connectivity index (χ0v) is 13.0. The van der Waals surface area contributed by atoms with Gasteiger partial charge in [-0.15, -0.1) is 0 Å². The molecule has 1 atom stereocenters. The van der Waals surface area contributed by atoms with E-state index in [1.165, 1.54) is 0 Å². The summed E-state index contributed by atoms with van der Waals surface area (Å²) in [6, 6.07) is 18.6. The van der Waals surface area contributed by atoms with Gasteiger partial charge in [0.05, 0.1) is 6.42 Å². The van der Waals surface area contributed by atoms with Gasteiger partial charge in [0.1, 0.15) is 6.61 Å². The van der Waals surface area contributed by atoms with Crippen LogP contribution in [0.25, 0.3) is 0 Å². The number of rotatable bonds is 5. The molecule has 1 N–H and O–H groups in total. The number of ether oxygens (including phenoxy) is 1. The van der Waals surface area contributed by atoms with Gasteiger partial charge in [0.15, 0.2) is 3.61 Å². The number of hydrogen-bond acceptors (Lipinski definition) is 3. The zero-order valence-electron chi connectivity index (χ0n) is 10.8. The second-order valence-electron chi connectivity index (χ2n) is 4.45. The fourth-order valence-corrected chi connectivity index (χ4v) is 2.45. The van der Waals surface area contributed by atoms with Gasteiger partial charge in [-0.25, -0.2) is 0 Å². The van der Waals surface area contributed by atoms with Gasteiger partial charge in [-0.05, 0) is 33.7 Å². The molecule has 0 aliphatic rings. The molecule has 104 valence electrons. The molecule has 0 amide bonds. The van der Waals surface area contributed by atoms with Gasteiger partial charge in [-0.3, -0.25) is 4.79 Å². The topological polar surface area (TPSA) is 46.5 Å². The highest BCUT2D eigenvalue weighted by Crippen LogP contribution is 2.32. The van der Waals surface area contributed by atoms with E-state index in [4.69, 9.17) is 4.74 Å². The lowest BCUT2D eigenvalue weighted by atomic mass is 10.1. The first-order valence-corrected chi connectivity index (χ1v) is 7.32. The fourth-order valence-electron chi connectivity index (χ4n) is 1.78. The van der Waals surface area contributed by atoms with Crippen molar-refractivity contribution >= 4 is 28.6 Å². The van der Waals surface area contributed by atoms with E-state index in [1.807, 2.05) is 71.1 Å². The predicted octanol–water partition coefficient (Wildman–Crippen LogP) is 3.40. The van der Waals surface area contributed by atoms with Crippen molar-refractivity contribution in [1.29, 1.82) is 0 Å². The molecule has 2 aromatic rings. The SMILES string of the molecule is O=C(CC(O)(I)c1ccccc1)OCc1ccccc1. The number of benzene rings is 2. The van der Waals surface area contributed by atoms with Crippen LogP contribution >= 0.6 is 22.6 Å². The third-order valence-corrected chi connectivity index (χ3v) is 3.84. The molecule has 0 radical (unpaired) electrons. The van der Waals surface area contributed by atoms with Crippen LogP contribution in [-0.2, 0) is 19.7 Å². The summed E-state index contributed by atoms with van der Waals surface area (Å²) in [4.78, 5) is 11.8. The Morgan fingerprint density at radius 3 is 2.20 bits per heavy atom. The number of halogens is 1. The van der Waals surface area contributed by atoms with Crippen LogP contribution in [0, 0.1) is 0 Å². The molecule has 0 bridgehead atoms. The average Bonchev–Trinajstić information content (AvgIpc) is 2.47. The Hall–Kier alpha value is -1.40. The first-order chi connectivity index (χ1) is 9.58. The molecule has 0 aromatic heterocycles. The molecule has 4 heteroatoms. The van der Waals surface area contributed by atoms with Gasteiger partial charge < -0.3 is 9.84 Å². The third kappa shape index (κ3) is 4.31. The molecule has 0 fully saturated rings. The molecule has 0 spiro atoms. The Balaban J connectivity index is 1.91. The number of hydrogen-bond donors (Lipinski definition) is 1. The van der Waals surface area contributed by atoms with Crippen molar-refractivity contribution in [2.45, 2.75) is 16.6 Å². The molecule has 0 aliphatic heterocycles. The van der Waals surface area contributed by atoms with E-state index in [-0.39, 0.29) is 13.0 Å². The second kappa shape index (κ2) is 6.85. The lowest BCUT2D eigenvalue weighted by Crippen LogP contribution is -2.22. The van der Waals surface area contributed by atoms with Gasteiger partial charge in [0.2, 0.25) is 0 Å². The number of carbonyl (C=O) groups excluding carboxylic acids is 1. The van der Waals surface area contributed by atoms with Gasteiger partial charge in [-0.1, -0.05) is 60.7 Å². The quantitative estimate of drug-likeness (QED) is 0.490. The van der Waals surface area contributed by atoms with Crippen LogP contribution < -0.4 is 0 Å². The van der Waals surface area contributed by atoms with Crippen LogP contribution in [0.3, 0.4) is 0 Å². The molecule has 3 nitrogen and oxygen atoms in total. The van der Waals surface area contributed by atoms with Gasteiger partial charge in [0, 0.05) is 0 Å². The van der Waals surface area contributed by atoms with Crippen LogP contribution in [0.15, 0.2) is 60.7 Å². The molecule has 2 aromatic carbocycles. The standard InChI is InChI=1S/C16H15IO3/c17-16(19,14-9-5-2-6-10-14)11-15(18)20-12-13-7-3-1-4-8-13/h1-10,19H,11-12H2. The van der Waals surface area contributed by atoms with Crippen molar-refractivity contribution in [2.24, 2.45) is 0 Å². The Morgan fingerprint density at radius 1 is 1.05 bits per heavy atom. The monoisotopic (exact) mass is 382 g/mol. The van der Waals surface area contributed by atoms with E-state index in [9.17, 15) is 9.90 Å². The van der Waals surface area contributed by atoms with E-state index in [0.29, 0.717) is 5.56 Å². The van der Waals surface area contributed by atoms with Gasteiger partial charge in [0.25, 0.3) is 0 Å². The highest BCUT2D eigenvalue weighted by molar-refractivity contribution is 14.1. The van der Waals surface area contributed by atoms with Crippen LogP contribution in [0.1, 0.15) is 17.5 Å². The maximum Gasteiger partial charge on any atom is 0.310 e. The summed E-state index contributed by atoms with van der Waals surface area (Å²) < 4.78 is 3.94. The smallest absolute Gasteiger partial charge is 0.310 e. The van der Waals surface area contributed by atoms with Crippen molar-refractivity contribution in [1.82, 2.24) is 0 Å². The molecule has 0 saturated heterocycles. The first kappa shape index (κ1) is 15.0. The highest BCUT2D eigenvalue weighted by Gasteiger charge is 2.29. The number of alkyl halides is 1. The lowest BCUT2D eigenvalue weighted by Gasteiger charge is -2.20. The molecule has 0 heterocycles. The fraction of sp³-hybridized carbons (Fsp3) is 0.188. The number of aliphatic hydroxyl groups is 1. The summed E-state index contributed by atoms with van der Waals surface area (Å²) in [7, 11) is 0. The Bertz CT molecular complexity index is 552. The molecular weight excluding hydrogens is 367 g/mol.